The van der Waals surface area contributed by atoms with Gasteiger partial charge in [0, 0.05) is 14.5 Å². The molecule has 13 heteroatoms. The zero-order chi connectivity index (χ0) is 21.7. The van der Waals surface area contributed by atoms with E-state index in [2.05, 4.69) is 31.9 Å². The van der Waals surface area contributed by atoms with Gasteiger partial charge in [-0.1, -0.05) is 37.9 Å². The molecule has 0 N–H and O–H groups in total. The lowest BCUT2D eigenvalue weighted by Crippen LogP contribution is -2.54. The van der Waals surface area contributed by atoms with Crippen LogP contribution in [0.5, 0.6) is 0 Å². The van der Waals surface area contributed by atoms with Gasteiger partial charge >= 0.3 is 17.4 Å². The van der Waals surface area contributed by atoms with E-state index in [0.29, 0.717) is 18.2 Å². The summed E-state index contributed by atoms with van der Waals surface area (Å²) in [6.45, 7) is 0. The molecule has 1 unspecified atom stereocenters. The molecular weight excluding hydrogens is 559 g/mol. The highest BCUT2D eigenvalue weighted by Crippen LogP contribution is 2.51. The monoisotopic (exact) mass is 562 g/mol. The van der Waals surface area contributed by atoms with Gasteiger partial charge in [-0.2, -0.15) is 30.7 Å². The Bertz CT molecular complexity index is 924. The lowest BCUT2D eigenvalue weighted by molar-refractivity contribution is -0.331. The smallest absolute Gasteiger partial charge is 0.248 e. The SMILES string of the molecule is O=S(c1cc(Br)cc(Br)c1-c1c(F)cccc1F)C(F)(F)C(F)(F)C(F)(F)F. The fourth-order valence-corrected chi connectivity index (χ4v) is 5.06. The first-order valence-corrected chi connectivity index (χ1v) is 9.54. The van der Waals surface area contributed by atoms with Crippen molar-refractivity contribution in [3.8, 4) is 11.1 Å². The third-order valence-corrected chi connectivity index (χ3v) is 5.91. The predicted octanol–water partition coefficient (Wildman–Crippen LogP) is 7.05. The summed E-state index contributed by atoms with van der Waals surface area (Å²) in [6, 6.07) is 3.87. The van der Waals surface area contributed by atoms with Crippen LogP contribution in [0.25, 0.3) is 11.1 Å². The Morgan fingerprint density at radius 3 is 1.79 bits per heavy atom. The average Bonchev–Trinajstić information content (AvgIpc) is 2.54. The van der Waals surface area contributed by atoms with Crippen molar-refractivity contribution < 1.29 is 43.7 Å². The highest BCUT2D eigenvalue weighted by Gasteiger charge is 2.76. The highest BCUT2D eigenvalue weighted by atomic mass is 79.9. The van der Waals surface area contributed by atoms with E-state index in [-0.39, 0.29) is 8.95 Å². The summed E-state index contributed by atoms with van der Waals surface area (Å²) in [5, 5.41) is -6.14. The Kier molecular flexibility index (Phi) is 6.33. The first-order chi connectivity index (χ1) is 12.6. The van der Waals surface area contributed by atoms with Gasteiger partial charge in [0.25, 0.3) is 0 Å². The molecule has 0 saturated carbocycles. The van der Waals surface area contributed by atoms with Crippen molar-refractivity contribution >= 4 is 42.7 Å². The molecule has 1 nitrogen and oxygen atoms in total. The van der Waals surface area contributed by atoms with E-state index in [9.17, 15) is 43.7 Å². The molecule has 28 heavy (non-hydrogen) atoms. The van der Waals surface area contributed by atoms with Crippen LogP contribution in [0.3, 0.4) is 0 Å². The molecule has 0 amide bonds. The molecule has 0 aliphatic heterocycles. The Morgan fingerprint density at radius 2 is 1.32 bits per heavy atom. The van der Waals surface area contributed by atoms with Gasteiger partial charge in [0.2, 0.25) is 0 Å². The number of alkyl halides is 7. The maximum atomic E-state index is 14.1. The zero-order valence-corrected chi connectivity index (χ0v) is 16.8. The normalized spacial score (nSPS) is 14.2. The first-order valence-electron chi connectivity index (χ1n) is 6.80. The zero-order valence-electron chi connectivity index (χ0n) is 12.9. The molecule has 0 aliphatic rings. The van der Waals surface area contributed by atoms with Gasteiger partial charge in [-0.25, -0.2) is 13.0 Å². The van der Waals surface area contributed by atoms with Crippen molar-refractivity contribution in [2.45, 2.75) is 22.2 Å². The summed E-state index contributed by atoms with van der Waals surface area (Å²) in [5.74, 6) is -9.36. The molecule has 1 atom stereocenters. The lowest BCUT2D eigenvalue weighted by Gasteiger charge is -2.28. The number of hydrogen-bond acceptors (Lipinski definition) is 1. The minimum Gasteiger partial charge on any atom is -0.248 e. The number of halogens is 11. The summed E-state index contributed by atoms with van der Waals surface area (Å²) in [5.41, 5.74) is -1.92. The summed E-state index contributed by atoms with van der Waals surface area (Å²) in [6.07, 6.45) is -6.72. The van der Waals surface area contributed by atoms with Crippen molar-refractivity contribution in [1.82, 2.24) is 0 Å². The van der Waals surface area contributed by atoms with Gasteiger partial charge in [0.05, 0.1) is 10.5 Å². The molecule has 0 aliphatic carbocycles. The molecule has 0 spiro atoms. The Morgan fingerprint density at radius 1 is 0.821 bits per heavy atom. The highest BCUT2D eigenvalue weighted by molar-refractivity contribution is 9.11. The Labute approximate surface area is 170 Å². The molecule has 2 aromatic rings. The van der Waals surface area contributed by atoms with Crippen LogP contribution in [0.4, 0.5) is 39.5 Å². The van der Waals surface area contributed by atoms with E-state index in [1.807, 2.05) is 0 Å². The Hall–Kier alpha value is -1.08. The molecule has 0 radical (unpaired) electrons. The van der Waals surface area contributed by atoms with E-state index < -0.39 is 55.8 Å². The maximum absolute atomic E-state index is 14.1. The van der Waals surface area contributed by atoms with Crippen molar-refractivity contribution in [2.24, 2.45) is 0 Å². The van der Waals surface area contributed by atoms with Crippen LogP contribution in [0.2, 0.25) is 0 Å². The van der Waals surface area contributed by atoms with Crippen molar-refractivity contribution in [3.63, 3.8) is 0 Å². The first kappa shape index (κ1) is 23.2. The van der Waals surface area contributed by atoms with Crippen molar-refractivity contribution in [2.75, 3.05) is 0 Å². The minimum atomic E-state index is -6.72. The van der Waals surface area contributed by atoms with E-state index in [4.69, 9.17) is 0 Å². The predicted molar refractivity (Wildman–Crippen MR) is 89.6 cm³/mol. The molecule has 0 aromatic heterocycles. The summed E-state index contributed by atoms with van der Waals surface area (Å²) in [7, 11) is -4.36. The van der Waals surface area contributed by atoms with E-state index in [1.165, 1.54) is 0 Å². The minimum absolute atomic E-state index is 0.172. The molecule has 0 fully saturated rings. The second kappa shape index (κ2) is 7.63. The van der Waals surface area contributed by atoms with Crippen molar-refractivity contribution in [1.29, 1.82) is 0 Å². The van der Waals surface area contributed by atoms with Gasteiger partial charge < -0.3 is 0 Å². The number of hydrogen-bond donors (Lipinski definition) is 0. The molecule has 2 aromatic carbocycles. The van der Waals surface area contributed by atoms with E-state index >= 15 is 0 Å². The standard InChI is InChI=1S/C15H5Br2F9OS/c16-6-4-7(17)11(12-8(18)2-1-3-9(12)19)10(5-6)28(27)15(25,26)13(20,21)14(22,23)24/h1-5H. The van der Waals surface area contributed by atoms with Crippen LogP contribution in [0, 0.1) is 11.6 Å². The van der Waals surface area contributed by atoms with Gasteiger partial charge in [-0.3, -0.25) is 0 Å². The lowest BCUT2D eigenvalue weighted by atomic mass is 10.0. The van der Waals surface area contributed by atoms with Gasteiger partial charge in [-0.05, 0) is 24.3 Å². The largest absolute Gasteiger partial charge is 0.461 e. The molecule has 0 bridgehead atoms. The molecule has 0 saturated heterocycles. The molecule has 2 rings (SSSR count). The van der Waals surface area contributed by atoms with Crippen LogP contribution >= 0.6 is 31.9 Å². The second-order valence-electron chi connectivity index (χ2n) is 5.22. The summed E-state index contributed by atoms with van der Waals surface area (Å²) in [4.78, 5) is -1.33. The van der Waals surface area contributed by atoms with Crippen LogP contribution in [-0.2, 0) is 10.8 Å². The maximum Gasteiger partial charge on any atom is 0.461 e. The van der Waals surface area contributed by atoms with E-state index in [1.54, 1.807) is 0 Å². The Balaban J connectivity index is 2.82. The third kappa shape index (κ3) is 3.84. The summed E-state index contributed by atoms with van der Waals surface area (Å²) >= 11 is 5.55. The summed E-state index contributed by atoms with van der Waals surface area (Å²) < 4.78 is 132. The van der Waals surface area contributed by atoms with Crippen LogP contribution in [0.15, 0.2) is 44.2 Å². The van der Waals surface area contributed by atoms with Crippen molar-refractivity contribution in [3.05, 3.63) is 50.9 Å². The van der Waals surface area contributed by atoms with Gasteiger partial charge in [-0.15, -0.1) is 0 Å². The fourth-order valence-electron chi connectivity index (χ4n) is 2.10. The topological polar surface area (TPSA) is 17.1 Å². The molecule has 0 heterocycles. The second-order valence-corrected chi connectivity index (χ2v) is 8.48. The fraction of sp³-hybridized carbons (Fsp3) is 0.200. The number of rotatable bonds is 4. The van der Waals surface area contributed by atoms with Gasteiger partial charge in [0.15, 0.2) is 0 Å². The quantitative estimate of drug-likeness (QED) is 0.364. The van der Waals surface area contributed by atoms with Crippen LogP contribution in [0.1, 0.15) is 0 Å². The number of benzene rings is 2. The van der Waals surface area contributed by atoms with Gasteiger partial charge in [0.1, 0.15) is 22.4 Å². The van der Waals surface area contributed by atoms with Crippen LogP contribution in [-0.4, -0.2) is 21.6 Å². The third-order valence-electron chi connectivity index (χ3n) is 3.39. The molecule has 154 valence electrons. The van der Waals surface area contributed by atoms with E-state index in [0.717, 1.165) is 12.1 Å². The average molecular weight is 564 g/mol. The van der Waals surface area contributed by atoms with Crippen LogP contribution < -0.4 is 0 Å². The molecular formula is C15H5Br2F9OS.